The Hall–Kier alpha value is -0.730. The first-order valence-electron chi connectivity index (χ1n) is 5.18. The van der Waals surface area contributed by atoms with Crippen LogP contribution in [0.1, 0.15) is 24.2 Å². The van der Waals surface area contributed by atoms with Crippen LogP contribution in [0.3, 0.4) is 0 Å². The zero-order chi connectivity index (χ0) is 12.1. The van der Waals surface area contributed by atoms with Crippen molar-refractivity contribution in [2.45, 2.75) is 19.9 Å². The first-order chi connectivity index (χ1) is 7.56. The van der Waals surface area contributed by atoms with E-state index < -0.39 is 0 Å². The Morgan fingerprint density at radius 3 is 2.62 bits per heavy atom. The van der Waals surface area contributed by atoms with Gasteiger partial charge in [0.25, 0.3) is 5.91 Å². The first-order valence-corrected chi connectivity index (χ1v) is 6.10. The van der Waals surface area contributed by atoms with Crippen molar-refractivity contribution in [2.75, 3.05) is 12.4 Å². The molecule has 4 heteroatoms. The van der Waals surface area contributed by atoms with Gasteiger partial charge in [-0.2, -0.15) is 0 Å². The molecule has 0 unspecified atom stereocenters. The molecule has 1 aromatic carbocycles. The molecule has 0 aliphatic heterocycles. The molecule has 2 nitrogen and oxygen atoms in total. The molecular weight excluding hydrogens is 245 g/mol. The minimum absolute atomic E-state index is 0.0295. The van der Waals surface area contributed by atoms with Gasteiger partial charge in [0.2, 0.25) is 0 Å². The Morgan fingerprint density at radius 1 is 1.44 bits per heavy atom. The van der Waals surface area contributed by atoms with Crippen LogP contribution in [0, 0.1) is 0 Å². The first kappa shape index (κ1) is 13.3. The topological polar surface area (TPSA) is 20.3 Å². The highest BCUT2D eigenvalue weighted by Crippen LogP contribution is 2.14. The number of rotatable bonds is 4. The number of halogens is 2. The highest BCUT2D eigenvalue weighted by Gasteiger charge is 2.17. The van der Waals surface area contributed by atoms with Gasteiger partial charge in [-0.05, 0) is 32.0 Å². The number of alkyl halides is 1. The lowest BCUT2D eigenvalue weighted by Crippen LogP contribution is -2.38. The van der Waals surface area contributed by atoms with Crippen molar-refractivity contribution in [3.63, 3.8) is 0 Å². The maximum Gasteiger partial charge on any atom is 0.254 e. The van der Waals surface area contributed by atoms with Crippen LogP contribution in [-0.4, -0.2) is 29.3 Å². The fourth-order valence-electron chi connectivity index (χ4n) is 1.47. The number of carbonyl (C=O) groups is 1. The monoisotopic (exact) mass is 259 g/mol. The van der Waals surface area contributed by atoms with E-state index in [-0.39, 0.29) is 11.9 Å². The molecule has 88 valence electrons. The number of hydrogen-bond donors (Lipinski definition) is 0. The van der Waals surface area contributed by atoms with E-state index in [1.807, 2.05) is 13.8 Å². The SMILES string of the molecule is CC(C)N(CCCl)C(=O)c1cccc(Cl)c1. The summed E-state index contributed by atoms with van der Waals surface area (Å²) in [6.45, 7) is 4.48. The van der Waals surface area contributed by atoms with Crippen LogP contribution in [0.15, 0.2) is 24.3 Å². The van der Waals surface area contributed by atoms with Crippen molar-refractivity contribution in [1.29, 1.82) is 0 Å². The van der Waals surface area contributed by atoms with Crippen molar-refractivity contribution in [3.05, 3.63) is 34.9 Å². The average molecular weight is 260 g/mol. The Balaban J connectivity index is 2.90. The number of benzene rings is 1. The van der Waals surface area contributed by atoms with E-state index in [2.05, 4.69) is 0 Å². The van der Waals surface area contributed by atoms with Gasteiger partial charge in [-0.3, -0.25) is 4.79 Å². The third-order valence-corrected chi connectivity index (χ3v) is 2.69. The summed E-state index contributed by atoms with van der Waals surface area (Å²) >= 11 is 11.5. The van der Waals surface area contributed by atoms with Gasteiger partial charge >= 0.3 is 0 Å². The molecule has 1 aromatic rings. The predicted molar refractivity (Wildman–Crippen MR) is 68.3 cm³/mol. The quantitative estimate of drug-likeness (QED) is 0.759. The Kier molecular flexibility index (Phi) is 5.10. The maximum atomic E-state index is 12.1. The summed E-state index contributed by atoms with van der Waals surface area (Å²) in [5.41, 5.74) is 0.603. The molecule has 0 radical (unpaired) electrons. The van der Waals surface area contributed by atoms with Gasteiger partial charge in [-0.15, -0.1) is 11.6 Å². The molecule has 0 N–H and O–H groups in total. The largest absolute Gasteiger partial charge is 0.335 e. The Labute approximate surface area is 106 Å². The van der Waals surface area contributed by atoms with Gasteiger partial charge in [-0.1, -0.05) is 17.7 Å². The second-order valence-corrected chi connectivity index (χ2v) is 4.61. The highest BCUT2D eigenvalue weighted by molar-refractivity contribution is 6.31. The summed E-state index contributed by atoms with van der Waals surface area (Å²) in [7, 11) is 0. The highest BCUT2D eigenvalue weighted by atomic mass is 35.5. The second kappa shape index (κ2) is 6.12. The third kappa shape index (κ3) is 3.39. The van der Waals surface area contributed by atoms with E-state index in [4.69, 9.17) is 23.2 Å². The van der Waals surface area contributed by atoms with E-state index >= 15 is 0 Å². The van der Waals surface area contributed by atoms with Crippen molar-refractivity contribution >= 4 is 29.1 Å². The van der Waals surface area contributed by atoms with Crippen molar-refractivity contribution in [1.82, 2.24) is 4.90 Å². The molecule has 16 heavy (non-hydrogen) atoms. The second-order valence-electron chi connectivity index (χ2n) is 3.79. The summed E-state index contributed by atoms with van der Waals surface area (Å²) in [4.78, 5) is 13.9. The van der Waals surface area contributed by atoms with E-state index in [0.717, 1.165) is 0 Å². The van der Waals surface area contributed by atoms with Crippen LogP contribution in [0.25, 0.3) is 0 Å². The average Bonchev–Trinajstić information content (AvgIpc) is 2.24. The van der Waals surface area contributed by atoms with Crippen LogP contribution in [0.2, 0.25) is 5.02 Å². The predicted octanol–water partition coefficient (Wildman–Crippen LogP) is 3.43. The minimum Gasteiger partial charge on any atom is -0.335 e. The molecule has 0 bridgehead atoms. The molecule has 0 spiro atoms. The maximum absolute atomic E-state index is 12.1. The molecule has 1 rings (SSSR count). The van der Waals surface area contributed by atoms with Gasteiger partial charge in [0.15, 0.2) is 0 Å². The number of amides is 1. The van der Waals surface area contributed by atoms with Crippen LogP contribution < -0.4 is 0 Å². The zero-order valence-corrected chi connectivity index (χ0v) is 10.9. The van der Waals surface area contributed by atoms with E-state index in [9.17, 15) is 4.79 Å². The van der Waals surface area contributed by atoms with Gasteiger partial charge < -0.3 is 4.90 Å². The molecule has 0 aliphatic carbocycles. The number of nitrogens with zero attached hydrogens (tertiary/aromatic N) is 1. The smallest absolute Gasteiger partial charge is 0.254 e. The summed E-state index contributed by atoms with van der Waals surface area (Å²) in [5.74, 6) is 0.406. The van der Waals surface area contributed by atoms with Gasteiger partial charge in [0.1, 0.15) is 0 Å². The number of carbonyl (C=O) groups excluding carboxylic acids is 1. The normalized spacial score (nSPS) is 10.6. The van der Waals surface area contributed by atoms with Crippen LogP contribution >= 0.6 is 23.2 Å². The van der Waals surface area contributed by atoms with Crippen LogP contribution in [-0.2, 0) is 0 Å². The molecule has 0 saturated heterocycles. The molecule has 0 aromatic heterocycles. The van der Waals surface area contributed by atoms with Crippen molar-refractivity contribution in [2.24, 2.45) is 0 Å². The zero-order valence-electron chi connectivity index (χ0n) is 9.41. The lowest BCUT2D eigenvalue weighted by molar-refractivity contribution is 0.0718. The van der Waals surface area contributed by atoms with Crippen molar-refractivity contribution in [3.8, 4) is 0 Å². The summed E-state index contributed by atoms with van der Waals surface area (Å²) in [5, 5.41) is 0.570. The van der Waals surface area contributed by atoms with Gasteiger partial charge in [-0.25, -0.2) is 0 Å². The molecule has 0 aliphatic rings. The standard InChI is InChI=1S/C12H15Cl2NO/c1-9(2)15(7-6-13)12(16)10-4-3-5-11(14)8-10/h3-5,8-9H,6-7H2,1-2H3. The molecule has 0 fully saturated rings. The van der Waals surface area contributed by atoms with Crippen LogP contribution in [0.4, 0.5) is 0 Å². The molecule has 0 atom stereocenters. The van der Waals surface area contributed by atoms with E-state index in [1.165, 1.54) is 0 Å². The van der Waals surface area contributed by atoms with E-state index in [1.54, 1.807) is 29.2 Å². The lowest BCUT2D eigenvalue weighted by Gasteiger charge is -2.26. The van der Waals surface area contributed by atoms with Gasteiger partial charge in [0.05, 0.1) is 0 Å². The molecule has 0 saturated carbocycles. The minimum atomic E-state index is -0.0295. The summed E-state index contributed by atoms with van der Waals surface area (Å²) in [6, 6.07) is 7.09. The summed E-state index contributed by atoms with van der Waals surface area (Å²) in [6.07, 6.45) is 0. The summed E-state index contributed by atoms with van der Waals surface area (Å²) < 4.78 is 0. The fraction of sp³-hybridized carbons (Fsp3) is 0.417. The fourth-order valence-corrected chi connectivity index (χ4v) is 1.85. The Morgan fingerprint density at radius 2 is 2.12 bits per heavy atom. The van der Waals surface area contributed by atoms with Crippen molar-refractivity contribution < 1.29 is 4.79 Å². The lowest BCUT2D eigenvalue weighted by atomic mass is 10.1. The molecule has 1 amide bonds. The Bertz CT molecular complexity index is 366. The number of hydrogen-bond acceptors (Lipinski definition) is 1. The molecule has 0 heterocycles. The van der Waals surface area contributed by atoms with Gasteiger partial charge in [0, 0.05) is 29.1 Å². The van der Waals surface area contributed by atoms with Crippen LogP contribution in [0.5, 0.6) is 0 Å². The van der Waals surface area contributed by atoms with E-state index in [0.29, 0.717) is 23.0 Å². The third-order valence-electron chi connectivity index (χ3n) is 2.28. The molecular formula is C12H15Cl2NO.